The van der Waals surface area contributed by atoms with Crippen molar-refractivity contribution < 1.29 is 0 Å². The van der Waals surface area contributed by atoms with Gasteiger partial charge in [-0.25, -0.2) is 0 Å². The summed E-state index contributed by atoms with van der Waals surface area (Å²) in [7, 11) is 4.15. The first-order valence-electron chi connectivity index (χ1n) is 5.18. The number of unbranched alkanes of at least 4 members (excludes halogenated alkanes) is 1. The van der Waals surface area contributed by atoms with Gasteiger partial charge in [0.15, 0.2) is 0 Å². The molecule has 0 radical (unpaired) electrons. The molecular weight excluding hydrogens is 170 g/mol. The summed E-state index contributed by atoms with van der Waals surface area (Å²) in [6.07, 6.45) is 6.81. The van der Waals surface area contributed by atoms with Crippen molar-refractivity contribution in [2.75, 3.05) is 19.0 Å². The maximum atomic E-state index is 2.24. The third-order valence-corrected chi connectivity index (χ3v) is 2.17. The first-order valence-corrected chi connectivity index (χ1v) is 5.18. The molecule has 0 aliphatic carbocycles. The van der Waals surface area contributed by atoms with Gasteiger partial charge < -0.3 is 4.90 Å². The zero-order valence-corrected chi connectivity index (χ0v) is 9.33. The summed E-state index contributed by atoms with van der Waals surface area (Å²) in [4.78, 5) is 2.14. The number of rotatable bonds is 4. The van der Waals surface area contributed by atoms with Crippen LogP contribution in [0.5, 0.6) is 0 Å². The summed E-state index contributed by atoms with van der Waals surface area (Å²) in [6.45, 7) is 2.20. The summed E-state index contributed by atoms with van der Waals surface area (Å²) in [5.41, 5.74) is 2.57. The summed E-state index contributed by atoms with van der Waals surface area (Å²) in [5.74, 6) is 0. The van der Waals surface area contributed by atoms with Crippen LogP contribution in [-0.2, 0) is 0 Å². The average molecular weight is 189 g/mol. The number of allylic oxidation sites excluding steroid dienone is 1. The Hall–Kier alpha value is -1.24. The lowest BCUT2D eigenvalue weighted by atomic mass is 10.1. The Bertz CT molecular complexity index is 300. The number of hydrogen-bond donors (Lipinski definition) is 0. The number of nitrogens with zero attached hydrogens (tertiary/aromatic N) is 1. The second-order valence-corrected chi connectivity index (χ2v) is 3.64. The molecule has 0 fully saturated rings. The molecule has 0 saturated carbocycles. The van der Waals surface area contributed by atoms with Crippen LogP contribution in [0.1, 0.15) is 25.3 Å². The monoisotopic (exact) mass is 189 g/mol. The molecule has 1 nitrogen and oxygen atoms in total. The van der Waals surface area contributed by atoms with Gasteiger partial charge in [0.2, 0.25) is 0 Å². The fraction of sp³-hybridized carbons (Fsp3) is 0.385. The Labute approximate surface area is 87.1 Å². The first-order chi connectivity index (χ1) is 6.75. The molecule has 0 aliphatic rings. The quantitative estimate of drug-likeness (QED) is 0.700. The molecule has 0 spiro atoms. The molecule has 0 bridgehead atoms. The molecule has 0 aliphatic heterocycles. The lowest BCUT2D eigenvalue weighted by molar-refractivity contribution is 0.962. The fourth-order valence-electron chi connectivity index (χ4n) is 1.41. The van der Waals surface area contributed by atoms with Crippen molar-refractivity contribution in [3.05, 3.63) is 35.9 Å². The molecule has 0 aromatic heterocycles. The van der Waals surface area contributed by atoms with E-state index in [9.17, 15) is 0 Å². The van der Waals surface area contributed by atoms with E-state index in [-0.39, 0.29) is 0 Å². The normalized spacial score (nSPS) is 10.8. The average Bonchev–Trinajstić information content (AvgIpc) is 2.19. The molecule has 1 aromatic carbocycles. The lowest BCUT2D eigenvalue weighted by Crippen LogP contribution is -2.09. The zero-order valence-electron chi connectivity index (χ0n) is 9.33. The molecule has 1 aromatic rings. The van der Waals surface area contributed by atoms with Gasteiger partial charge >= 0.3 is 0 Å². The maximum absolute atomic E-state index is 2.24. The summed E-state index contributed by atoms with van der Waals surface area (Å²) >= 11 is 0. The SMILES string of the molecule is CCCC=Cc1ccccc1N(C)C. The van der Waals surface area contributed by atoms with Gasteiger partial charge in [-0.15, -0.1) is 0 Å². The van der Waals surface area contributed by atoms with Crippen LogP contribution in [0, 0.1) is 0 Å². The third-order valence-electron chi connectivity index (χ3n) is 2.17. The summed E-state index contributed by atoms with van der Waals surface area (Å²) in [5, 5.41) is 0. The second kappa shape index (κ2) is 5.48. The van der Waals surface area contributed by atoms with E-state index < -0.39 is 0 Å². The van der Waals surface area contributed by atoms with Gasteiger partial charge in [-0.3, -0.25) is 0 Å². The fourth-order valence-corrected chi connectivity index (χ4v) is 1.41. The van der Waals surface area contributed by atoms with E-state index in [1.165, 1.54) is 17.7 Å². The molecule has 0 atom stereocenters. The Morgan fingerprint density at radius 3 is 2.57 bits per heavy atom. The standard InChI is InChI=1S/C13H19N/c1-4-5-6-9-12-10-7-8-11-13(12)14(2)3/h6-11H,4-5H2,1-3H3. The molecular formula is C13H19N. The Morgan fingerprint density at radius 1 is 1.21 bits per heavy atom. The van der Waals surface area contributed by atoms with Crippen molar-refractivity contribution in [2.45, 2.75) is 19.8 Å². The van der Waals surface area contributed by atoms with Crippen molar-refractivity contribution in [3.8, 4) is 0 Å². The topological polar surface area (TPSA) is 3.24 Å². The molecule has 0 saturated heterocycles. The number of anilines is 1. The van der Waals surface area contributed by atoms with Crippen LogP contribution in [0.15, 0.2) is 30.3 Å². The Kier molecular flexibility index (Phi) is 4.24. The van der Waals surface area contributed by atoms with Gasteiger partial charge in [0, 0.05) is 19.8 Å². The molecule has 76 valence electrons. The van der Waals surface area contributed by atoms with Gasteiger partial charge in [-0.05, 0) is 18.1 Å². The number of hydrogen-bond acceptors (Lipinski definition) is 1. The lowest BCUT2D eigenvalue weighted by Gasteiger charge is -2.15. The summed E-state index contributed by atoms with van der Waals surface area (Å²) in [6, 6.07) is 8.46. The van der Waals surface area contributed by atoms with E-state index in [1.807, 2.05) is 0 Å². The molecule has 0 heterocycles. The van der Waals surface area contributed by atoms with E-state index in [1.54, 1.807) is 0 Å². The predicted octanol–water partition coefficient (Wildman–Crippen LogP) is 3.57. The van der Waals surface area contributed by atoms with Crippen LogP contribution in [0.2, 0.25) is 0 Å². The molecule has 0 unspecified atom stereocenters. The van der Waals surface area contributed by atoms with E-state index in [2.05, 4.69) is 62.3 Å². The Morgan fingerprint density at radius 2 is 1.93 bits per heavy atom. The van der Waals surface area contributed by atoms with Crippen LogP contribution in [0.4, 0.5) is 5.69 Å². The van der Waals surface area contributed by atoms with Gasteiger partial charge in [0.1, 0.15) is 0 Å². The number of benzene rings is 1. The van der Waals surface area contributed by atoms with Crippen LogP contribution >= 0.6 is 0 Å². The zero-order chi connectivity index (χ0) is 10.4. The Balaban J connectivity index is 2.84. The number of para-hydroxylation sites is 1. The van der Waals surface area contributed by atoms with Crippen molar-refractivity contribution in [1.82, 2.24) is 0 Å². The maximum Gasteiger partial charge on any atom is 0.0434 e. The highest BCUT2D eigenvalue weighted by molar-refractivity contribution is 5.67. The van der Waals surface area contributed by atoms with Crippen molar-refractivity contribution in [2.24, 2.45) is 0 Å². The highest BCUT2D eigenvalue weighted by atomic mass is 15.1. The predicted molar refractivity (Wildman–Crippen MR) is 64.7 cm³/mol. The largest absolute Gasteiger partial charge is 0.377 e. The van der Waals surface area contributed by atoms with Crippen molar-refractivity contribution >= 4 is 11.8 Å². The smallest absolute Gasteiger partial charge is 0.0434 e. The minimum Gasteiger partial charge on any atom is -0.377 e. The third kappa shape index (κ3) is 2.91. The molecule has 0 N–H and O–H groups in total. The molecule has 14 heavy (non-hydrogen) atoms. The van der Waals surface area contributed by atoms with Gasteiger partial charge in [-0.2, -0.15) is 0 Å². The van der Waals surface area contributed by atoms with Crippen LogP contribution in [0.25, 0.3) is 6.08 Å². The van der Waals surface area contributed by atoms with Crippen LogP contribution in [0.3, 0.4) is 0 Å². The highest BCUT2D eigenvalue weighted by Crippen LogP contribution is 2.19. The highest BCUT2D eigenvalue weighted by Gasteiger charge is 1.98. The van der Waals surface area contributed by atoms with Gasteiger partial charge in [0.25, 0.3) is 0 Å². The van der Waals surface area contributed by atoms with Gasteiger partial charge in [-0.1, -0.05) is 43.7 Å². The minimum absolute atomic E-state index is 1.15. The van der Waals surface area contributed by atoms with Gasteiger partial charge in [0.05, 0.1) is 0 Å². The molecule has 1 rings (SSSR count). The summed E-state index contributed by atoms with van der Waals surface area (Å²) < 4.78 is 0. The van der Waals surface area contributed by atoms with Crippen LogP contribution in [-0.4, -0.2) is 14.1 Å². The van der Waals surface area contributed by atoms with E-state index in [0.717, 1.165) is 6.42 Å². The van der Waals surface area contributed by atoms with Crippen LogP contribution < -0.4 is 4.90 Å². The van der Waals surface area contributed by atoms with Crippen molar-refractivity contribution in [1.29, 1.82) is 0 Å². The molecule has 1 heteroatoms. The van der Waals surface area contributed by atoms with E-state index >= 15 is 0 Å². The minimum atomic E-state index is 1.15. The second-order valence-electron chi connectivity index (χ2n) is 3.64. The van der Waals surface area contributed by atoms with E-state index in [4.69, 9.17) is 0 Å². The van der Waals surface area contributed by atoms with E-state index in [0.29, 0.717) is 0 Å². The van der Waals surface area contributed by atoms with Crippen molar-refractivity contribution in [3.63, 3.8) is 0 Å². The first kappa shape index (κ1) is 10.8. The molecule has 0 amide bonds.